The zero-order chi connectivity index (χ0) is 11.6. The quantitative estimate of drug-likeness (QED) is 0.167. The summed E-state index contributed by atoms with van der Waals surface area (Å²) in [6.07, 6.45) is -1.39. The van der Waals surface area contributed by atoms with Gasteiger partial charge in [-0.1, -0.05) is 0 Å². The Labute approximate surface area is 132 Å². The maximum Gasteiger partial charge on any atom is 1.00 e. The van der Waals surface area contributed by atoms with E-state index in [0.717, 1.165) is 0 Å². The van der Waals surface area contributed by atoms with E-state index >= 15 is 0 Å². The van der Waals surface area contributed by atoms with E-state index in [1.807, 2.05) is 0 Å². The molecule has 0 unspecified atom stereocenters. The fourth-order valence-electron chi connectivity index (χ4n) is 1.12. The number of amides is 2. The molecular weight excluding hydrogens is 249 g/mol. The maximum atomic E-state index is 11.0. The Morgan fingerprint density at radius 1 is 1.12 bits per heavy atom. The van der Waals surface area contributed by atoms with Crippen LogP contribution in [0.1, 0.15) is 12.8 Å². The Balaban J connectivity index is 0.00000225. The molecule has 0 bridgehead atoms. The molecular formula is C6H6KN3O6. The number of imide groups is 1. The van der Waals surface area contributed by atoms with E-state index in [0.29, 0.717) is 4.90 Å². The van der Waals surface area contributed by atoms with Crippen LogP contribution in [0.5, 0.6) is 0 Å². The maximum absolute atomic E-state index is 11.0. The van der Waals surface area contributed by atoms with Crippen molar-refractivity contribution in [3.63, 3.8) is 0 Å². The van der Waals surface area contributed by atoms with Gasteiger partial charge >= 0.3 is 51.4 Å². The molecule has 0 atom stereocenters. The molecule has 0 N–H and O–H groups in total. The van der Waals surface area contributed by atoms with Crippen LogP contribution in [0.3, 0.4) is 0 Å². The Kier molecular flexibility index (Phi) is 6.03. The standard InChI is InChI=1S/C6H6N3O6.K/c10-5-1-2-6(11)7(5)3-4(8(12)13)9(14)15;/h1-3H2;/q-1;+1. The van der Waals surface area contributed by atoms with Crippen LogP contribution in [0, 0.1) is 26.4 Å². The van der Waals surface area contributed by atoms with Crippen LogP contribution in [-0.2, 0) is 9.59 Å². The molecule has 1 heterocycles. The average molecular weight is 255 g/mol. The van der Waals surface area contributed by atoms with E-state index in [2.05, 4.69) is 0 Å². The Morgan fingerprint density at radius 3 is 1.81 bits per heavy atom. The molecule has 0 radical (unpaired) electrons. The topological polar surface area (TPSA) is 124 Å². The molecule has 10 heteroatoms. The van der Waals surface area contributed by atoms with Crippen molar-refractivity contribution >= 4 is 11.8 Å². The molecule has 0 aromatic heterocycles. The van der Waals surface area contributed by atoms with Gasteiger partial charge < -0.3 is 0 Å². The Hall–Kier alpha value is -0.554. The third-order valence-electron chi connectivity index (χ3n) is 1.88. The monoisotopic (exact) mass is 255 g/mol. The first-order chi connectivity index (χ1) is 6.93. The van der Waals surface area contributed by atoms with Crippen molar-refractivity contribution in [3.8, 4) is 0 Å². The third kappa shape index (κ3) is 3.49. The SMILES string of the molecule is O=C1CCC(=O)N1C[C-]([N+](=O)[O-])[N+](=O)[O-].[K+]. The normalized spacial score (nSPS) is 14.6. The smallest absolute Gasteiger partial charge is 0.298 e. The first kappa shape index (κ1) is 15.4. The summed E-state index contributed by atoms with van der Waals surface area (Å²) in [6, 6.07) is 0. The Morgan fingerprint density at radius 2 is 1.50 bits per heavy atom. The van der Waals surface area contributed by atoms with E-state index in [-0.39, 0.29) is 64.2 Å². The minimum atomic E-state index is -1.28. The minimum absolute atomic E-state index is 0. The summed E-state index contributed by atoms with van der Waals surface area (Å²) in [5, 5.41) is 20.4. The van der Waals surface area contributed by atoms with Crippen LogP contribution in [0.4, 0.5) is 0 Å². The fourth-order valence-corrected chi connectivity index (χ4v) is 1.12. The molecule has 16 heavy (non-hydrogen) atoms. The van der Waals surface area contributed by atoms with Crippen molar-refractivity contribution in [2.45, 2.75) is 12.8 Å². The van der Waals surface area contributed by atoms with Crippen molar-refractivity contribution in [3.05, 3.63) is 26.4 Å². The van der Waals surface area contributed by atoms with E-state index < -0.39 is 34.4 Å². The molecule has 82 valence electrons. The summed E-state index contributed by atoms with van der Waals surface area (Å²) in [4.78, 5) is 40.6. The molecule has 0 aliphatic carbocycles. The third-order valence-corrected chi connectivity index (χ3v) is 1.88. The van der Waals surface area contributed by atoms with E-state index in [9.17, 15) is 29.8 Å². The number of hydrogen-bond acceptors (Lipinski definition) is 6. The minimum Gasteiger partial charge on any atom is -0.298 e. The summed E-state index contributed by atoms with van der Waals surface area (Å²) < 4.78 is 0. The van der Waals surface area contributed by atoms with Gasteiger partial charge in [0.25, 0.3) is 6.17 Å². The van der Waals surface area contributed by atoms with E-state index in [1.54, 1.807) is 0 Å². The van der Waals surface area contributed by atoms with Crippen LogP contribution < -0.4 is 51.4 Å². The fraction of sp³-hybridized carbons (Fsp3) is 0.500. The molecule has 0 saturated carbocycles. The van der Waals surface area contributed by atoms with Crippen molar-refractivity contribution in [1.29, 1.82) is 0 Å². The van der Waals surface area contributed by atoms with Crippen molar-refractivity contribution < 1.29 is 70.8 Å². The van der Waals surface area contributed by atoms with Crippen LogP contribution in [0.15, 0.2) is 0 Å². The second kappa shape index (κ2) is 6.25. The molecule has 1 fully saturated rings. The average Bonchev–Trinajstić information content (AvgIpc) is 2.42. The molecule has 1 rings (SSSR count). The van der Waals surface area contributed by atoms with Crippen LogP contribution >= 0.6 is 0 Å². The largest absolute Gasteiger partial charge is 1.00 e. The van der Waals surface area contributed by atoms with Gasteiger partial charge in [0.15, 0.2) is 0 Å². The van der Waals surface area contributed by atoms with Gasteiger partial charge in [-0.2, -0.15) is 0 Å². The van der Waals surface area contributed by atoms with Crippen LogP contribution in [0.2, 0.25) is 0 Å². The molecule has 0 spiro atoms. The van der Waals surface area contributed by atoms with Gasteiger partial charge in [-0.15, -0.1) is 0 Å². The van der Waals surface area contributed by atoms with Crippen LogP contribution in [0.25, 0.3) is 0 Å². The zero-order valence-electron chi connectivity index (χ0n) is 8.41. The van der Waals surface area contributed by atoms with Gasteiger partial charge in [-0.05, 0) is 9.85 Å². The molecule has 1 saturated heterocycles. The number of carbonyl (C=O) groups excluding carboxylic acids is 2. The number of hydrogen-bond donors (Lipinski definition) is 0. The van der Waals surface area contributed by atoms with Crippen molar-refractivity contribution in [2.24, 2.45) is 0 Å². The first-order valence-electron chi connectivity index (χ1n) is 3.91. The van der Waals surface area contributed by atoms with Gasteiger partial charge in [0.05, 0.1) is 6.54 Å². The van der Waals surface area contributed by atoms with Gasteiger partial charge in [-0.3, -0.25) is 34.7 Å². The van der Waals surface area contributed by atoms with E-state index in [1.165, 1.54) is 0 Å². The number of nitro groups is 2. The summed E-state index contributed by atoms with van der Waals surface area (Å²) in [5.74, 6) is -1.25. The van der Waals surface area contributed by atoms with Gasteiger partial charge in [0.1, 0.15) is 0 Å². The molecule has 0 aromatic rings. The number of likely N-dealkylation sites (tertiary alicyclic amines) is 1. The molecule has 1 aliphatic heterocycles. The number of nitrogens with zero attached hydrogens (tertiary/aromatic N) is 3. The summed E-state index contributed by atoms with van der Waals surface area (Å²) >= 11 is 0. The number of carbonyl (C=O) groups is 2. The summed E-state index contributed by atoms with van der Waals surface area (Å²) in [7, 11) is 0. The zero-order valence-corrected chi connectivity index (χ0v) is 11.5. The molecule has 1 aliphatic rings. The second-order valence-corrected chi connectivity index (χ2v) is 2.80. The predicted octanol–water partition coefficient (Wildman–Crippen LogP) is -3.82. The predicted molar refractivity (Wildman–Crippen MR) is 43.2 cm³/mol. The second-order valence-electron chi connectivity index (χ2n) is 2.80. The number of rotatable bonds is 4. The first-order valence-corrected chi connectivity index (χ1v) is 3.91. The van der Waals surface area contributed by atoms with Crippen molar-refractivity contribution in [1.82, 2.24) is 4.90 Å². The molecule has 9 nitrogen and oxygen atoms in total. The summed E-state index contributed by atoms with van der Waals surface area (Å²) in [5.41, 5.74) is 0. The van der Waals surface area contributed by atoms with Crippen molar-refractivity contribution in [2.75, 3.05) is 6.54 Å². The molecule has 0 aromatic carbocycles. The van der Waals surface area contributed by atoms with Gasteiger partial charge in [-0.25, -0.2) is 0 Å². The van der Waals surface area contributed by atoms with Gasteiger partial charge in [0, 0.05) is 12.8 Å². The summed E-state index contributed by atoms with van der Waals surface area (Å²) in [6.45, 7) is -0.877. The van der Waals surface area contributed by atoms with E-state index in [4.69, 9.17) is 0 Å². The van der Waals surface area contributed by atoms with Crippen LogP contribution in [-0.4, -0.2) is 33.1 Å². The van der Waals surface area contributed by atoms with Gasteiger partial charge in [0.2, 0.25) is 11.8 Å². The molecule has 2 amide bonds. The Bertz CT molecular complexity index is 315.